The number of rotatable bonds is 6. The highest BCUT2D eigenvalue weighted by atomic mass is 32.1. The van der Waals surface area contributed by atoms with Crippen LogP contribution in [-0.2, 0) is 9.59 Å². The standard InChI is InChI=1S/C29H26N2O5S/c1-5-36-21-8-6-7-19(15-21)25-23(26(32)18-9-11-20(35-4)12-10-18)27(33)28(34)31(25)29-30-24-17(3)13-16(2)14-22(24)37-29/h6-15,25,32H,5H2,1-4H3/b26-23+. The second-order valence-corrected chi connectivity index (χ2v) is 9.84. The van der Waals surface area contributed by atoms with Gasteiger partial charge in [-0.15, -0.1) is 0 Å². The van der Waals surface area contributed by atoms with Crippen LogP contribution in [-0.4, -0.2) is 35.5 Å². The smallest absolute Gasteiger partial charge is 0.301 e. The van der Waals surface area contributed by atoms with Crippen LogP contribution >= 0.6 is 11.3 Å². The van der Waals surface area contributed by atoms with Gasteiger partial charge >= 0.3 is 5.91 Å². The van der Waals surface area contributed by atoms with Crippen molar-refractivity contribution in [2.75, 3.05) is 18.6 Å². The fourth-order valence-corrected chi connectivity index (χ4v) is 5.82. The van der Waals surface area contributed by atoms with Crippen molar-refractivity contribution in [2.24, 2.45) is 0 Å². The van der Waals surface area contributed by atoms with Crippen molar-refractivity contribution in [1.29, 1.82) is 0 Å². The van der Waals surface area contributed by atoms with Crippen molar-refractivity contribution >= 4 is 44.1 Å². The topological polar surface area (TPSA) is 89.0 Å². The predicted molar refractivity (Wildman–Crippen MR) is 144 cm³/mol. The minimum atomic E-state index is -0.885. The number of aryl methyl sites for hydroxylation is 2. The molecule has 4 aromatic rings. The summed E-state index contributed by atoms with van der Waals surface area (Å²) in [6.07, 6.45) is 0. The van der Waals surface area contributed by atoms with E-state index in [9.17, 15) is 14.7 Å². The Morgan fingerprint density at radius 1 is 1.05 bits per heavy atom. The minimum Gasteiger partial charge on any atom is -0.507 e. The van der Waals surface area contributed by atoms with Gasteiger partial charge < -0.3 is 14.6 Å². The van der Waals surface area contributed by atoms with Gasteiger partial charge in [-0.05, 0) is 79.9 Å². The number of aliphatic hydroxyl groups is 1. The first-order valence-electron chi connectivity index (χ1n) is 11.9. The van der Waals surface area contributed by atoms with Crippen molar-refractivity contribution in [2.45, 2.75) is 26.8 Å². The van der Waals surface area contributed by atoms with Crippen LogP contribution in [0, 0.1) is 13.8 Å². The molecule has 0 spiro atoms. The lowest BCUT2D eigenvalue weighted by Crippen LogP contribution is -2.29. The number of fused-ring (bicyclic) bond motifs is 1. The van der Waals surface area contributed by atoms with Crippen LogP contribution < -0.4 is 14.4 Å². The molecule has 3 aromatic carbocycles. The summed E-state index contributed by atoms with van der Waals surface area (Å²) in [5, 5.41) is 11.7. The van der Waals surface area contributed by atoms with E-state index in [4.69, 9.17) is 14.5 Å². The number of carbonyl (C=O) groups excluding carboxylic acids is 2. The molecule has 2 heterocycles. The predicted octanol–water partition coefficient (Wildman–Crippen LogP) is 5.95. The molecule has 0 saturated carbocycles. The zero-order chi connectivity index (χ0) is 26.3. The molecule has 1 aliphatic rings. The molecular weight excluding hydrogens is 488 g/mol. The van der Waals surface area contributed by atoms with E-state index >= 15 is 0 Å². The number of nitrogens with zero attached hydrogens (tertiary/aromatic N) is 2. The Bertz CT molecular complexity index is 1550. The Balaban J connectivity index is 1.72. The number of hydrogen-bond acceptors (Lipinski definition) is 7. The number of ether oxygens (including phenoxy) is 2. The first kappa shape index (κ1) is 24.5. The first-order chi connectivity index (χ1) is 17.8. The van der Waals surface area contributed by atoms with Gasteiger partial charge in [-0.25, -0.2) is 4.98 Å². The molecular formula is C29H26N2O5S. The molecule has 5 rings (SSSR count). The lowest BCUT2D eigenvalue weighted by Gasteiger charge is -2.23. The third-order valence-corrected chi connectivity index (χ3v) is 7.32. The van der Waals surface area contributed by atoms with Crippen molar-refractivity contribution in [1.82, 2.24) is 4.98 Å². The van der Waals surface area contributed by atoms with Crippen molar-refractivity contribution in [3.8, 4) is 11.5 Å². The van der Waals surface area contributed by atoms with E-state index in [1.807, 2.05) is 45.0 Å². The molecule has 1 atom stereocenters. The molecule has 1 fully saturated rings. The Labute approximate surface area is 218 Å². The van der Waals surface area contributed by atoms with E-state index in [0.717, 1.165) is 21.3 Å². The van der Waals surface area contributed by atoms with E-state index in [0.29, 0.717) is 34.4 Å². The highest BCUT2D eigenvalue weighted by Gasteiger charge is 2.48. The third kappa shape index (κ3) is 4.34. The van der Waals surface area contributed by atoms with Gasteiger partial charge in [-0.1, -0.05) is 29.5 Å². The van der Waals surface area contributed by atoms with Crippen LogP contribution in [0.25, 0.3) is 16.0 Å². The zero-order valence-corrected chi connectivity index (χ0v) is 21.8. The highest BCUT2D eigenvalue weighted by Crippen LogP contribution is 2.45. The van der Waals surface area contributed by atoms with Gasteiger partial charge in [-0.3, -0.25) is 14.5 Å². The summed E-state index contributed by atoms with van der Waals surface area (Å²) in [4.78, 5) is 33.1. The molecule has 0 bridgehead atoms. The number of aromatic nitrogens is 1. The SMILES string of the molecule is CCOc1cccc(C2/C(=C(\O)c3ccc(OC)cc3)C(=O)C(=O)N2c2nc3c(C)cc(C)cc3s2)c1. The Morgan fingerprint density at radius 2 is 1.81 bits per heavy atom. The molecule has 37 heavy (non-hydrogen) atoms. The lowest BCUT2D eigenvalue weighted by molar-refractivity contribution is -0.132. The second kappa shape index (κ2) is 9.71. The molecule has 1 amide bonds. The number of thiazole rings is 1. The third-order valence-electron chi connectivity index (χ3n) is 6.32. The van der Waals surface area contributed by atoms with E-state index in [2.05, 4.69) is 0 Å². The summed E-state index contributed by atoms with van der Waals surface area (Å²) < 4.78 is 11.8. The summed E-state index contributed by atoms with van der Waals surface area (Å²) in [5.74, 6) is -0.560. The van der Waals surface area contributed by atoms with Crippen LogP contribution in [0.3, 0.4) is 0 Å². The van der Waals surface area contributed by atoms with Gasteiger partial charge in [0.15, 0.2) is 5.13 Å². The fourth-order valence-electron chi connectivity index (χ4n) is 4.65. The maximum absolute atomic E-state index is 13.5. The number of amides is 1. The van der Waals surface area contributed by atoms with E-state index < -0.39 is 17.7 Å². The van der Waals surface area contributed by atoms with Gasteiger partial charge in [0.05, 0.1) is 35.5 Å². The van der Waals surface area contributed by atoms with Gasteiger partial charge in [0.2, 0.25) is 0 Å². The van der Waals surface area contributed by atoms with Crippen molar-refractivity contribution < 1.29 is 24.2 Å². The number of carbonyl (C=O) groups is 2. The highest BCUT2D eigenvalue weighted by molar-refractivity contribution is 7.22. The summed E-state index contributed by atoms with van der Waals surface area (Å²) in [5.41, 5.74) is 3.89. The monoisotopic (exact) mass is 514 g/mol. The number of ketones is 1. The Kier molecular flexibility index (Phi) is 6.43. The van der Waals surface area contributed by atoms with Gasteiger partial charge in [0.25, 0.3) is 5.78 Å². The van der Waals surface area contributed by atoms with Gasteiger partial charge in [0, 0.05) is 5.56 Å². The van der Waals surface area contributed by atoms with E-state index in [1.54, 1.807) is 43.5 Å². The Morgan fingerprint density at radius 3 is 2.51 bits per heavy atom. The minimum absolute atomic E-state index is 0.00373. The molecule has 8 heteroatoms. The number of benzene rings is 3. The average Bonchev–Trinajstić information content (AvgIpc) is 3.42. The number of hydrogen-bond donors (Lipinski definition) is 1. The summed E-state index contributed by atoms with van der Waals surface area (Å²) in [6, 6.07) is 17.1. The first-order valence-corrected chi connectivity index (χ1v) is 12.7. The zero-order valence-electron chi connectivity index (χ0n) is 20.9. The summed E-state index contributed by atoms with van der Waals surface area (Å²) in [7, 11) is 1.55. The molecule has 1 saturated heterocycles. The number of Topliss-reactive ketones (excluding diaryl/α,β-unsaturated/α-hetero) is 1. The molecule has 0 aliphatic carbocycles. The quantitative estimate of drug-likeness (QED) is 0.194. The maximum Gasteiger partial charge on any atom is 0.301 e. The average molecular weight is 515 g/mol. The van der Waals surface area contributed by atoms with Crippen LogP contribution in [0.15, 0.2) is 66.2 Å². The molecule has 188 valence electrons. The number of aliphatic hydroxyl groups excluding tert-OH is 1. The van der Waals surface area contributed by atoms with Gasteiger partial charge in [-0.2, -0.15) is 0 Å². The van der Waals surface area contributed by atoms with E-state index in [-0.39, 0.29) is 11.3 Å². The molecule has 7 nitrogen and oxygen atoms in total. The maximum atomic E-state index is 13.5. The van der Waals surface area contributed by atoms with Crippen LogP contribution in [0.2, 0.25) is 0 Å². The summed E-state index contributed by atoms with van der Waals surface area (Å²) in [6.45, 7) is 6.33. The number of methoxy groups -OCH3 is 1. The van der Waals surface area contributed by atoms with Crippen LogP contribution in [0.4, 0.5) is 5.13 Å². The molecule has 1 unspecified atom stereocenters. The lowest BCUT2D eigenvalue weighted by atomic mass is 9.95. The van der Waals surface area contributed by atoms with Gasteiger partial charge in [0.1, 0.15) is 17.3 Å². The van der Waals surface area contributed by atoms with Crippen LogP contribution in [0.5, 0.6) is 11.5 Å². The second-order valence-electron chi connectivity index (χ2n) is 8.83. The number of anilines is 1. The summed E-state index contributed by atoms with van der Waals surface area (Å²) >= 11 is 1.35. The normalized spacial score (nSPS) is 17.0. The molecule has 1 N–H and O–H groups in total. The largest absolute Gasteiger partial charge is 0.507 e. The molecule has 1 aromatic heterocycles. The van der Waals surface area contributed by atoms with Crippen molar-refractivity contribution in [3.05, 3.63) is 88.5 Å². The van der Waals surface area contributed by atoms with Crippen LogP contribution in [0.1, 0.15) is 35.2 Å². The van der Waals surface area contributed by atoms with Crippen molar-refractivity contribution in [3.63, 3.8) is 0 Å². The van der Waals surface area contributed by atoms with E-state index in [1.165, 1.54) is 16.2 Å². The fraction of sp³-hybridized carbons (Fsp3) is 0.207. The molecule has 1 aliphatic heterocycles. The Hall–Kier alpha value is -4.17. The molecule has 0 radical (unpaired) electrons.